The summed E-state index contributed by atoms with van der Waals surface area (Å²) in [7, 11) is 0. The highest BCUT2D eigenvalue weighted by molar-refractivity contribution is 6.33. The Labute approximate surface area is 205 Å². The van der Waals surface area contributed by atoms with Crippen LogP contribution in [0.1, 0.15) is 16.1 Å². The molecule has 0 atom stereocenters. The van der Waals surface area contributed by atoms with E-state index >= 15 is 0 Å². The van der Waals surface area contributed by atoms with E-state index in [0.717, 1.165) is 18.2 Å². The van der Waals surface area contributed by atoms with Crippen LogP contribution < -0.4 is 10.1 Å². The summed E-state index contributed by atoms with van der Waals surface area (Å²) in [4.78, 5) is 22.9. The molecular weight excluding hydrogens is 509 g/mol. The maximum Gasteiger partial charge on any atom is 0.311 e. The number of hydrogen-bond donors (Lipinski definition) is 1. The van der Waals surface area contributed by atoms with Gasteiger partial charge in [0.25, 0.3) is 5.91 Å². The van der Waals surface area contributed by atoms with E-state index in [4.69, 9.17) is 27.9 Å². The molecule has 1 N–H and O–H groups in total. The number of nitrogens with one attached hydrogen (secondary N) is 1. The number of anilines is 1. The number of ether oxygens (including phenoxy) is 1. The maximum absolute atomic E-state index is 14.0. The van der Waals surface area contributed by atoms with Crippen molar-refractivity contribution in [1.82, 2.24) is 19.6 Å². The van der Waals surface area contributed by atoms with Crippen molar-refractivity contribution in [2.24, 2.45) is 0 Å². The monoisotopic (exact) mass is 522 g/mol. The summed E-state index contributed by atoms with van der Waals surface area (Å²) in [6.45, 7) is -0.338. The van der Waals surface area contributed by atoms with Gasteiger partial charge in [-0.1, -0.05) is 29.3 Å². The fraction of sp³-hybridized carbons (Fsp3) is 0.0952. The molecule has 14 heteroatoms. The zero-order valence-corrected chi connectivity index (χ0v) is 19.0. The Balaban J connectivity index is 1.42. The van der Waals surface area contributed by atoms with Gasteiger partial charge < -0.3 is 10.1 Å². The van der Waals surface area contributed by atoms with Gasteiger partial charge in [-0.05, 0) is 24.3 Å². The minimum absolute atomic E-state index is 0.0146. The number of nitro benzene ring substituents is 1. The van der Waals surface area contributed by atoms with E-state index in [1.165, 1.54) is 40.0 Å². The van der Waals surface area contributed by atoms with Crippen molar-refractivity contribution in [3.05, 3.63) is 97.9 Å². The topological polar surface area (TPSA) is 117 Å². The molecule has 0 aliphatic carbocycles. The first-order valence-corrected chi connectivity index (χ1v) is 10.5. The number of hydrogen-bond acceptors (Lipinski definition) is 6. The minimum atomic E-state index is -0.709. The number of aromatic nitrogens is 4. The Bertz CT molecular complexity index is 1400. The Morgan fingerprint density at radius 3 is 2.66 bits per heavy atom. The van der Waals surface area contributed by atoms with Crippen molar-refractivity contribution in [1.29, 1.82) is 0 Å². The number of halogens is 4. The molecule has 180 valence electrons. The van der Waals surface area contributed by atoms with E-state index in [-0.39, 0.29) is 46.1 Å². The highest BCUT2D eigenvalue weighted by atomic mass is 35.5. The molecule has 2 aromatic carbocycles. The average molecular weight is 523 g/mol. The van der Waals surface area contributed by atoms with Crippen LogP contribution in [0, 0.1) is 21.7 Å². The molecule has 0 aliphatic rings. The van der Waals surface area contributed by atoms with Crippen LogP contribution in [0.4, 0.5) is 20.3 Å². The second kappa shape index (κ2) is 10.1. The predicted octanol–water partition coefficient (Wildman–Crippen LogP) is 4.91. The number of nitro groups is 1. The van der Waals surface area contributed by atoms with Crippen LogP contribution in [0.5, 0.6) is 5.75 Å². The smallest absolute Gasteiger partial charge is 0.311 e. The first kappa shape index (κ1) is 24.1. The second-order valence-electron chi connectivity index (χ2n) is 7.06. The molecule has 2 heterocycles. The SMILES string of the molecule is O=C(Nc1nn(Cc2c(F)cccc2Cl)cc1Cl)c1ccn(COc2cc(F)ccc2[N+](=O)[O-])n1. The van der Waals surface area contributed by atoms with Crippen LogP contribution >= 0.6 is 23.2 Å². The highest BCUT2D eigenvalue weighted by Gasteiger charge is 2.18. The molecule has 1 amide bonds. The van der Waals surface area contributed by atoms with Crippen molar-refractivity contribution in [3.63, 3.8) is 0 Å². The number of rotatable bonds is 8. The van der Waals surface area contributed by atoms with Gasteiger partial charge in [-0.15, -0.1) is 0 Å². The molecule has 4 aromatic rings. The third kappa shape index (κ3) is 5.55. The number of benzene rings is 2. The highest BCUT2D eigenvalue weighted by Crippen LogP contribution is 2.28. The molecule has 0 radical (unpaired) electrons. The summed E-state index contributed by atoms with van der Waals surface area (Å²) in [5, 5.41) is 22.0. The largest absolute Gasteiger partial charge is 0.464 e. The fourth-order valence-electron chi connectivity index (χ4n) is 3.02. The molecule has 0 fully saturated rings. The van der Waals surface area contributed by atoms with Crippen molar-refractivity contribution in [3.8, 4) is 5.75 Å². The summed E-state index contributed by atoms with van der Waals surface area (Å²) in [5.41, 5.74) is -0.244. The van der Waals surface area contributed by atoms with Crippen molar-refractivity contribution >= 4 is 40.6 Å². The molecular formula is C21H14Cl2F2N6O4. The molecule has 35 heavy (non-hydrogen) atoms. The summed E-state index contributed by atoms with van der Waals surface area (Å²) in [6.07, 6.45) is 2.79. The van der Waals surface area contributed by atoms with Gasteiger partial charge in [0.15, 0.2) is 18.2 Å². The van der Waals surface area contributed by atoms with Crippen LogP contribution in [0.25, 0.3) is 0 Å². The van der Waals surface area contributed by atoms with E-state index in [1.807, 2.05) is 0 Å². The molecule has 0 saturated heterocycles. The van der Waals surface area contributed by atoms with Gasteiger partial charge in [-0.2, -0.15) is 10.2 Å². The first-order chi connectivity index (χ1) is 16.7. The number of nitrogens with zero attached hydrogens (tertiary/aromatic N) is 5. The molecule has 0 bridgehead atoms. The molecule has 0 saturated carbocycles. The summed E-state index contributed by atoms with van der Waals surface area (Å²) in [5.74, 6) is -2.14. The number of carbonyl (C=O) groups excluding carboxylic acids is 1. The lowest BCUT2D eigenvalue weighted by Gasteiger charge is -2.07. The van der Waals surface area contributed by atoms with Crippen LogP contribution in [0.3, 0.4) is 0 Å². The average Bonchev–Trinajstić information content (AvgIpc) is 3.41. The lowest BCUT2D eigenvalue weighted by atomic mass is 10.2. The maximum atomic E-state index is 14.0. The van der Waals surface area contributed by atoms with Crippen LogP contribution in [-0.2, 0) is 13.3 Å². The van der Waals surface area contributed by atoms with E-state index in [2.05, 4.69) is 15.5 Å². The molecule has 2 aromatic heterocycles. The Kier molecular flexibility index (Phi) is 6.94. The zero-order chi connectivity index (χ0) is 25.1. The van der Waals surface area contributed by atoms with Crippen molar-refractivity contribution < 1.29 is 23.2 Å². The number of amides is 1. The van der Waals surface area contributed by atoms with Crippen LogP contribution in [-0.4, -0.2) is 30.4 Å². The minimum Gasteiger partial charge on any atom is -0.464 e. The van der Waals surface area contributed by atoms with Gasteiger partial charge in [0.2, 0.25) is 5.75 Å². The van der Waals surface area contributed by atoms with Crippen LogP contribution in [0.2, 0.25) is 10.0 Å². The Hall–Kier alpha value is -4.03. The van der Waals surface area contributed by atoms with Crippen molar-refractivity contribution in [2.75, 3.05) is 5.32 Å². The zero-order valence-electron chi connectivity index (χ0n) is 17.5. The van der Waals surface area contributed by atoms with E-state index in [0.29, 0.717) is 0 Å². The molecule has 0 spiro atoms. The predicted molar refractivity (Wildman–Crippen MR) is 122 cm³/mol. The Morgan fingerprint density at radius 2 is 1.91 bits per heavy atom. The molecule has 4 rings (SSSR count). The Morgan fingerprint density at radius 1 is 1.11 bits per heavy atom. The summed E-state index contributed by atoms with van der Waals surface area (Å²) >= 11 is 12.2. The molecule has 0 aliphatic heterocycles. The third-order valence-corrected chi connectivity index (χ3v) is 5.31. The van der Waals surface area contributed by atoms with Gasteiger partial charge in [0.1, 0.15) is 16.7 Å². The van der Waals surface area contributed by atoms with E-state index < -0.39 is 28.2 Å². The van der Waals surface area contributed by atoms with E-state index in [9.17, 15) is 23.7 Å². The lowest BCUT2D eigenvalue weighted by molar-refractivity contribution is -0.386. The second-order valence-corrected chi connectivity index (χ2v) is 7.87. The lowest BCUT2D eigenvalue weighted by Crippen LogP contribution is -2.15. The van der Waals surface area contributed by atoms with Crippen LogP contribution in [0.15, 0.2) is 54.9 Å². The quantitative estimate of drug-likeness (QED) is 0.259. The molecule has 0 unspecified atom stereocenters. The normalized spacial score (nSPS) is 10.9. The van der Waals surface area contributed by atoms with Gasteiger partial charge in [0.05, 0.1) is 11.5 Å². The van der Waals surface area contributed by atoms with Gasteiger partial charge in [0, 0.05) is 35.1 Å². The van der Waals surface area contributed by atoms with Crippen molar-refractivity contribution in [2.45, 2.75) is 13.3 Å². The number of carbonyl (C=O) groups is 1. The standard InChI is InChI=1S/C21H14Cl2F2N6O4/c22-14-2-1-3-16(25)13(14)9-30-10-15(23)20(28-30)26-21(32)17-6-7-29(27-17)11-35-19-8-12(24)4-5-18(19)31(33)34/h1-8,10H,9,11H2,(H,26,28,32). The van der Waals surface area contributed by atoms with Gasteiger partial charge >= 0.3 is 5.69 Å². The van der Waals surface area contributed by atoms with E-state index in [1.54, 1.807) is 6.07 Å². The first-order valence-electron chi connectivity index (χ1n) is 9.78. The summed E-state index contributed by atoms with van der Waals surface area (Å²) in [6, 6.07) is 8.45. The summed E-state index contributed by atoms with van der Waals surface area (Å²) < 4.78 is 35.2. The molecule has 10 nitrogen and oxygen atoms in total. The third-order valence-electron chi connectivity index (χ3n) is 4.67. The van der Waals surface area contributed by atoms with Gasteiger partial charge in [-0.25, -0.2) is 13.5 Å². The fourth-order valence-corrected chi connectivity index (χ4v) is 3.44. The van der Waals surface area contributed by atoms with Gasteiger partial charge in [-0.3, -0.25) is 19.6 Å².